The maximum absolute atomic E-state index is 11.3. The van der Waals surface area contributed by atoms with Crippen molar-refractivity contribution in [2.75, 3.05) is 0 Å². The molecule has 0 aliphatic rings. The zero-order valence-electron chi connectivity index (χ0n) is 29.1. The highest BCUT2D eigenvalue weighted by Crippen LogP contribution is 2.49. The second-order valence-electron chi connectivity index (χ2n) is 13.5. The summed E-state index contributed by atoms with van der Waals surface area (Å²) in [7, 11) is 0. The minimum Gasteiger partial charge on any atom is -0.309 e. The van der Waals surface area contributed by atoms with Crippen LogP contribution in [-0.4, -0.2) is 9.13 Å². The molecule has 2 heterocycles. The van der Waals surface area contributed by atoms with E-state index in [-0.39, 0.29) is 0 Å². The topological polar surface area (TPSA) is 57.4 Å². The van der Waals surface area contributed by atoms with Gasteiger partial charge in [0, 0.05) is 55.2 Å². The monoisotopic (exact) mass is 686 g/mol. The van der Waals surface area contributed by atoms with Crippen molar-refractivity contribution in [1.82, 2.24) is 9.13 Å². The Morgan fingerprint density at radius 3 is 1.43 bits per heavy atom. The smallest absolute Gasteiger partial charge is 0.100 e. The van der Waals surface area contributed by atoms with Gasteiger partial charge in [-0.3, -0.25) is 0 Å². The van der Waals surface area contributed by atoms with Gasteiger partial charge in [0.25, 0.3) is 0 Å². The molecule has 0 aliphatic heterocycles. The number of fused-ring (bicyclic) bond motifs is 7. The molecule has 0 N–H and O–H groups in total. The highest BCUT2D eigenvalue weighted by molar-refractivity contribution is 6.29. The van der Waals surface area contributed by atoms with Crippen LogP contribution in [0.4, 0.5) is 0 Å². The minimum atomic E-state index is 0.467. The van der Waals surface area contributed by atoms with E-state index in [0.717, 1.165) is 82.8 Å². The number of para-hydroxylation sites is 4. The second kappa shape index (κ2) is 12.5. The van der Waals surface area contributed by atoms with Gasteiger partial charge >= 0.3 is 0 Å². The lowest BCUT2D eigenvalue weighted by Gasteiger charge is -2.19. The van der Waals surface area contributed by atoms with Crippen LogP contribution in [0.2, 0.25) is 0 Å². The van der Waals surface area contributed by atoms with Crippen molar-refractivity contribution in [3.63, 3.8) is 0 Å². The SMILES string of the molecule is N#Cc1c(-c2ccccc2)cc(-c2cc3c4ccccc4n(-c4ccccc4)c3c3c4ccccc4n(-c4ccccc4)c23)c(C#N)c1-c1ccccc1. The predicted molar refractivity (Wildman–Crippen MR) is 221 cm³/mol. The molecule has 0 unspecified atom stereocenters. The third kappa shape index (κ3) is 4.61. The molecule has 8 aromatic carbocycles. The Morgan fingerprint density at radius 1 is 0.370 bits per heavy atom. The van der Waals surface area contributed by atoms with E-state index < -0.39 is 0 Å². The fraction of sp³-hybridized carbons (Fsp3) is 0. The van der Waals surface area contributed by atoms with Gasteiger partial charge in [-0.05, 0) is 59.7 Å². The molecule has 4 heteroatoms. The molecule has 2 aromatic heterocycles. The van der Waals surface area contributed by atoms with Crippen molar-refractivity contribution >= 4 is 43.6 Å². The maximum Gasteiger partial charge on any atom is 0.100 e. The number of hydrogen-bond acceptors (Lipinski definition) is 2. The summed E-state index contributed by atoms with van der Waals surface area (Å²) in [5.74, 6) is 0. The van der Waals surface area contributed by atoms with Crippen LogP contribution in [0, 0.1) is 22.7 Å². The normalized spacial score (nSPS) is 11.3. The molecule has 0 bridgehead atoms. The van der Waals surface area contributed by atoms with Gasteiger partial charge < -0.3 is 9.13 Å². The van der Waals surface area contributed by atoms with Crippen LogP contribution in [0.15, 0.2) is 182 Å². The maximum atomic E-state index is 11.3. The van der Waals surface area contributed by atoms with Gasteiger partial charge in [-0.2, -0.15) is 10.5 Å². The quantitative estimate of drug-likeness (QED) is 0.181. The summed E-state index contributed by atoms with van der Waals surface area (Å²) in [6, 6.07) is 67.6. The molecule has 0 atom stereocenters. The van der Waals surface area contributed by atoms with Gasteiger partial charge in [-0.1, -0.05) is 133 Å². The molecule has 0 aliphatic carbocycles. The van der Waals surface area contributed by atoms with Crippen molar-refractivity contribution in [3.8, 4) is 56.9 Å². The van der Waals surface area contributed by atoms with Gasteiger partial charge in [-0.25, -0.2) is 0 Å². The highest BCUT2D eigenvalue weighted by atomic mass is 15.0. The summed E-state index contributed by atoms with van der Waals surface area (Å²) in [6.07, 6.45) is 0. The van der Waals surface area contributed by atoms with Crippen LogP contribution in [-0.2, 0) is 0 Å². The summed E-state index contributed by atoms with van der Waals surface area (Å²) in [4.78, 5) is 0. The molecule has 10 aromatic rings. The number of rotatable bonds is 5. The van der Waals surface area contributed by atoms with Crippen molar-refractivity contribution < 1.29 is 0 Å². The summed E-state index contributed by atoms with van der Waals surface area (Å²) >= 11 is 0. The Hall–Kier alpha value is -7.66. The number of benzene rings is 8. The van der Waals surface area contributed by atoms with E-state index in [1.54, 1.807) is 0 Å². The van der Waals surface area contributed by atoms with Gasteiger partial charge in [0.05, 0.1) is 33.2 Å². The standard InChI is InChI=1S/C50H30N4/c51-31-43-39(33-17-5-1-6-18-33)29-40(44(32-52)47(43)34-19-7-2-8-20-34)42-30-41-37-25-13-15-27-45(37)53(35-21-9-3-10-22-35)49(41)48-38-26-14-16-28-46(38)54(50(42)48)36-23-11-4-12-24-36/h1-30H. The molecular formula is C50H30N4. The number of aromatic nitrogens is 2. The third-order valence-corrected chi connectivity index (χ3v) is 10.6. The first-order chi connectivity index (χ1) is 26.8. The Labute approximate surface area is 312 Å². The van der Waals surface area contributed by atoms with Crippen LogP contribution in [0.25, 0.3) is 88.4 Å². The Morgan fingerprint density at radius 2 is 0.833 bits per heavy atom. The van der Waals surface area contributed by atoms with Crippen LogP contribution < -0.4 is 0 Å². The first kappa shape index (κ1) is 31.1. The van der Waals surface area contributed by atoms with Crippen LogP contribution in [0.5, 0.6) is 0 Å². The average Bonchev–Trinajstić information content (AvgIpc) is 3.77. The van der Waals surface area contributed by atoms with Crippen molar-refractivity contribution in [2.45, 2.75) is 0 Å². The minimum absolute atomic E-state index is 0.467. The van der Waals surface area contributed by atoms with E-state index in [2.05, 4.69) is 137 Å². The van der Waals surface area contributed by atoms with Crippen LogP contribution in [0.3, 0.4) is 0 Å². The number of nitriles is 2. The van der Waals surface area contributed by atoms with E-state index >= 15 is 0 Å². The molecule has 4 nitrogen and oxygen atoms in total. The number of hydrogen-bond donors (Lipinski definition) is 0. The molecule has 0 spiro atoms. The lowest BCUT2D eigenvalue weighted by atomic mass is 9.83. The van der Waals surface area contributed by atoms with Crippen molar-refractivity contribution in [2.24, 2.45) is 0 Å². The predicted octanol–water partition coefficient (Wildman–Crippen LogP) is 12.6. The Bertz CT molecular complexity index is 3140. The van der Waals surface area contributed by atoms with Crippen molar-refractivity contribution in [1.29, 1.82) is 10.5 Å². The molecule has 0 fully saturated rings. The van der Waals surface area contributed by atoms with Gasteiger partial charge in [-0.15, -0.1) is 0 Å². The summed E-state index contributed by atoms with van der Waals surface area (Å²) in [5, 5.41) is 26.6. The zero-order chi connectivity index (χ0) is 36.2. The highest BCUT2D eigenvalue weighted by Gasteiger charge is 2.28. The molecule has 250 valence electrons. The third-order valence-electron chi connectivity index (χ3n) is 10.6. The molecule has 0 amide bonds. The summed E-state index contributed by atoms with van der Waals surface area (Å²) < 4.78 is 4.73. The van der Waals surface area contributed by atoms with Crippen molar-refractivity contribution in [3.05, 3.63) is 193 Å². The fourth-order valence-electron chi connectivity index (χ4n) is 8.37. The largest absolute Gasteiger partial charge is 0.309 e. The van der Waals surface area contributed by atoms with Crippen LogP contribution >= 0.6 is 0 Å². The first-order valence-corrected chi connectivity index (χ1v) is 18.0. The first-order valence-electron chi connectivity index (χ1n) is 18.0. The van der Waals surface area contributed by atoms with E-state index in [0.29, 0.717) is 16.7 Å². The molecule has 0 saturated carbocycles. The zero-order valence-corrected chi connectivity index (χ0v) is 29.1. The second-order valence-corrected chi connectivity index (χ2v) is 13.5. The summed E-state index contributed by atoms with van der Waals surface area (Å²) in [5.41, 5.74) is 12.2. The summed E-state index contributed by atoms with van der Waals surface area (Å²) in [6.45, 7) is 0. The molecule has 0 radical (unpaired) electrons. The number of nitrogens with zero attached hydrogens (tertiary/aromatic N) is 4. The van der Waals surface area contributed by atoms with Crippen LogP contribution in [0.1, 0.15) is 11.1 Å². The van der Waals surface area contributed by atoms with Gasteiger partial charge in [0.15, 0.2) is 0 Å². The molecule has 54 heavy (non-hydrogen) atoms. The van der Waals surface area contributed by atoms with E-state index in [1.807, 2.05) is 66.7 Å². The van der Waals surface area contributed by atoms with E-state index in [4.69, 9.17) is 0 Å². The lowest BCUT2D eigenvalue weighted by Crippen LogP contribution is -2.01. The van der Waals surface area contributed by atoms with E-state index in [1.165, 1.54) is 0 Å². The molecule has 0 saturated heterocycles. The van der Waals surface area contributed by atoms with Gasteiger partial charge in [0.2, 0.25) is 0 Å². The Balaban J connectivity index is 1.49. The molecule has 10 rings (SSSR count). The lowest BCUT2D eigenvalue weighted by molar-refractivity contribution is 1.17. The van der Waals surface area contributed by atoms with Gasteiger partial charge in [0.1, 0.15) is 12.1 Å². The fourth-order valence-corrected chi connectivity index (χ4v) is 8.37. The Kier molecular flexibility index (Phi) is 7.22. The molecular weight excluding hydrogens is 657 g/mol. The van der Waals surface area contributed by atoms with E-state index in [9.17, 15) is 10.5 Å². The average molecular weight is 687 g/mol.